The van der Waals surface area contributed by atoms with Crippen molar-refractivity contribution in [2.45, 2.75) is 13.8 Å². The first-order valence-corrected chi connectivity index (χ1v) is 6.41. The third kappa shape index (κ3) is 3.66. The van der Waals surface area contributed by atoms with Crippen LogP contribution in [0.3, 0.4) is 0 Å². The van der Waals surface area contributed by atoms with Gasteiger partial charge in [0.25, 0.3) is 5.91 Å². The van der Waals surface area contributed by atoms with Crippen LogP contribution >= 0.6 is 0 Å². The number of carbonyl (C=O) groups excluding carboxylic acids is 2. The summed E-state index contributed by atoms with van der Waals surface area (Å²) in [5.41, 5.74) is 1.85. The van der Waals surface area contributed by atoms with Crippen LogP contribution in [0.15, 0.2) is 42.5 Å². The second-order valence-electron chi connectivity index (χ2n) is 4.64. The maximum absolute atomic E-state index is 13.5. The number of amides is 2. The van der Waals surface area contributed by atoms with Crippen LogP contribution in [0.2, 0.25) is 0 Å². The first kappa shape index (κ1) is 14.7. The van der Waals surface area contributed by atoms with Gasteiger partial charge in [-0.15, -0.1) is 0 Å². The van der Waals surface area contributed by atoms with Crippen molar-refractivity contribution in [2.75, 3.05) is 10.6 Å². The van der Waals surface area contributed by atoms with Crippen molar-refractivity contribution >= 4 is 23.2 Å². The molecule has 0 aliphatic carbocycles. The highest BCUT2D eigenvalue weighted by Crippen LogP contribution is 2.19. The SMILES string of the molecule is CC(=O)Nc1cc(C(=O)Nc2ccccc2F)ccc1C. The van der Waals surface area contributed by atoms with E-state index >= 15 is 0 Å². The molecule has 2 N–H and O–H groups in total. The molecule has 0 saturated heterocycles. The van der Waals surface area contributed by atoms with Gasteiger partial charge < -0.3 is 10.6 Å². The van der Waals surface area contributed by atoms with Crippen LogP contribution in [0.5, 0.6) is 0 Å². The highest BCUT2D eigenvalue weighted by Gasteiger charge is 2.11. The molecule has 2 aromatic carbocycles. The minimum absolute atomic E-state index is 0.115. The lowest BCUT2D eigenvalue weighted by molar-refractivity contribution is -0.114. The first-order chi connectivity index (χ1) is 9.97. The Hall–Kier alpha value is -2.69. The topological polar surface area (TPSA) is 58.2 Å². The summed E-state index contributed by atoms with van der Waals surface area (Å²) in [6.07, 6.45) is 0. The lowest BCUT2D eigenvalue weighted by Crippen LogP contribution is -2.14. The lowest BCUT2D eigenvalue weighted by atomic mass is 10.1. The Labute approximate surface area is 122 Å². The van der Waals surface area contributed by atoms with Gasteiger partial charge in [0, 0.05) is 18.2 Å². The average Bonchev–Trinajstić information content (AvgIpc) is 2.43. The number of halogens is 1. The van der Waals surface area contributed by atoms with E-state index < -0.39 is 11.7 Å². The van der Waals surface area contributed by atoms with E-state index in [1.807, 2.05) is 6.92 Å². The number of hydrogen-bond acceptors (Lipinski definition) is 2. The molecule has 108 valence electrons. The Morgan fingerprint density at radius 2 is 1.71 bits per heavy atom. The molecule has 0 aliphatic rings. The average molecular weight is 286 g/mol. The predicted molar refractivity (Wildman–Crippen MR) is 79.8 cm³/mol. The fourth-order valence-electron chi connectivity index (χ4n) is 1.84. The van der Waals surface area contributed by atoms with Crippen LogP contribution in [0, 0.1) is 12.7 Å². The van der Waals surface area contributed by atoms with Crippen LogP contribution in [0.4, 0.5) is 15.8 Å². The van der Waals surface area contributed by atoms with E-state index in [0.29, 0.717) is 11.3 Å². The fourth-order valence-corrected chi connectivity index (χ4v) is 1.84. The van der Waals surface area contributed by atoms with Gasteiger partial charge in [-0.25, -0.2) is 4.39 Å². The quantitative estimate of drug-likeness (QED) is 0.909. The van der Waals surface area contributed by atoms with E-state index in [-0.39, 0.29) is 11.6 Å². The van der Waals surface area contributed by atoms with E-state index in [1.165, 1.54) is 19.1 Å². The summed E-state index contributed by atoms with van der Waals surface area (Å²) in [7, 11) is 0. The van der Waals surface area contributed by atoms with Gasteiger partial charge in [-0.2, -0.15) is 0 Å². The van der Waals surface area contributed by atoms with Crippen molar-refractivity contribution in [1.82, 2.24) is 0 Å². The molecule has 0 heterocycles. The van der Waals surface area contributed by atoms with Gasteiger partial charge in [0.15, 0.2) is 0 Å². The number of carbonyl (C=O) groups is 2. The molecule has 0 aliphatic heterocycles. The van der Waals surface area contributed by atoms with Crippen molar-refractivity contribution in [3.63, 3.8) is 0 Å². The summed E-state index contributed by atoms with van der Waals surface area (Å²) in [6.45, 7) is 3.22. The number of benzene rings is 2. The van der Waals surface area contributed by atoms with Gasteiger partial charge in [0.2, 0.25) is 5.91 Å². The summed E-state index contributed by atoms with van der Waals surface area (Å²) >= 11 is 0. The van der Waals surface area contributed by atoms with Crippen LogP contribution in [-0.4, -0.2) is 11.8 Å². The van der Waals surface area contributed by atoms with E-state index in [0.717, 1.165) is 5.56 Å². The summed E-state index contributed by atoms with van der Waals surface area (Å²) in [5.74, 6) is -1.16. The number of rotatable bonds is 3. The molecule has 0 atom stereocenters. The van der Waals surface area contributed by atoms with Gasteiger partial charge in [-0.1, -0.05) is 18.2 Å². The molecule has 21 heavy (non-hydrogen) atoms. The number of aryl methyl sites for hydroxylation is 1. The molecule has 4 nitrogen and oxygen atoms in total. The largest absolute Gasteiger partial charge is 0.326 e. The molecule has 0 unspecified atom stereocenters. The van der Waals surface area contributed by atoms with Crippen molar-refractivity contribution < 1.29 is 14.0 Å². The Morgan fingerprint density at radius 1 is 1.00 bits per heavy atom. The van der Waals surface area contributed by atoms with Crippen LogP contribution in [0.25, 0.3) is 0 Å². The Kier molecular flexibility index (Phi) is 4.33. The van der Waals surface area contributed by atoms with E-state index in [2.05, 4.69) is 10.6 Å². The molecule has 2 rings (SSSR count). The van der Waals surface area contributed by atoms with Gasteiger partial charge in [-0.05, 0) is 36.8 Å². The van der Waals surface area contributed by atoms with Gasteiger partial charge >= 0.3 is 0 Å². The molecule has 0 bridgehead atoms. The molecule has 0 spiro atoms. The van der Waals surface area contributed by atoms with Crippen molar-refractivity contribution in [2.24, 2.45) is 0 Å². The highest BCUT2D eigenvalue weighted by molar-refractivity contribution is 6.05. The van der Waals surface area contributed by atoms with E-state index in [1.54, 1.807) is 30.3 Å². The lowest BCUT2D eigenvalue weighted by Gasteiger charge is -2.10. The van der Waals surface area contributed by atoms with Crippen LogP contribution in [-0.2, 0) is 4.79 Å². The van der Waals surface area contributed by atoms with Crippen molar-refractivity contribution in [3.05, 3.63) is 59.4 Å². The standard InChI is InChI=1S/C16H15FN2O2/c1-10-7-8-12(9-15(10)18-11(2)20)16(21)19-14-6-4-3-5-13(14)17/h3-9H,1-2H3,(H,18,20)(H,19,21). The number of anilines is 2. The molecule has 2 aromatic rings. The predicted octanol–water partition coefficient (Wildman–Crippen LogP) is 3.34. The molecular weight excluding hydrogens is 271 g/mol. The summed E-state index contributed by atoms with van der Waals surface area (Å²) in [5, 5.41) is 5.15. The minimum atomic E-state index is -0.500. The maximum atomic E-state index is 13.5. The third-order valence-electron chi connectivity index (χ3n) is 2.93. The number of hydrogen-bond donors (Lipinski definition) is 2. The van der Waals surface area contributed by atoms with Crippen molar-refractivity contribution in [1.29, 1.82) is 0 Å². The third-order valence-corrected chi connectivity index (χ3v) is 2.93. The highest BCUT2D eigenvalue weighted by atomic mass is 19.1. The summed E-state index contributed by atoms with van der Waals surface area (Å²) in [4.78, 5) is 23.2. The molecule has 0 radical (unpaired) electrons. The Balaban J connectivity index is 2.23. The molecule has 0 fully saturated rings. The second kappa shape index (κ2) is 6.17. The minimum Gasteiger partial charge on any atom is -0.326 e. The zero-order valence-electron chi connectivity index (χ0n) is 11.7. The van der Waals surface area contributed by atoms with Gasteiger partial charge in [-0.3, -0.25) is 9.59 Å². The smallest absolute Gasteiger partial charge is 0.255 e. The zero-order valence-corrected chi connectivity index (χ0v) is 11.7. The van der Waals surface area contributed by atoms with Gasteiger partial charge in [0.1, 0.15) is 5.82 Å². The molecular formula is C16H15FN2O2. The molecule has 5 heteroatoms. The van der Waals surface area contributed by atoms with Crippen LogP contribution < -0.4 is 10.6 Å². The van der Waals surface area contributed by atoms with Crippen molar-refractivity contribution in [3.8, 4) is 0 Å². The van der Waals surface area contributed by atoms with Crippen LogP contribution in [0.1, 0.15) is 22.8 Å². The fraction of sp³-hybridized carbons (Fsp3) is 0.125. The molecule has 2 amide bonds. The maximum Gasteiger partial charge on any atom is 0.255 e. The Bertz CT molecular complexity index is 698. The summed E-state index contributed by atoms with van der Waals surface area (Å²) < 4.78 is 13.5. The Morgan fingerprint density at radius 3 is 2.38 bits per heavy atom. The normalized spacial score (nSPS) is 10.0. The monoisotopic (exact) mass is 286 g/mol. The van der Waals surface area contributed by atoms with E-state index in [4.69, 9.17) is 0 Å². The van der Waals surface area contributed by atoms with Gasteiger partial charge in [0.05, 0.1) is 5.69 Å². The molecule has 0 aromatic heterocycles. The molecule has 0 saturated carbocycles. The zero-order chi connectivity index (χ0) is 15.4. The summed E-state index contributed by atoms with van der Waals surface area (Å²) in [6, 6.07) is 10.8. The number of para-hydroxylation sites is 1. The second-order valence-corrected chi connectivity index (χ2v) is 4.64. The first-order valence-electron chi connectivity index (χ1n) is 6.41. The number of nitrogens with one attached hydrogen (secondary N) is 2. The van der Waals surface area contributed by atoms with E-state index in [9.17, 15) is 14.0 Å².